The van der Waals surface area contributed by atoms with Crippen LogP contribution in [-0.4, -0.2) is 63.8 Å². The summed E-state index contributed by atoms with van der Waals surface area (Å²) in [5.74, 6) is 0.779. The molecule has 26 heavy (non-hydrogen) atoms. The van der Waals surface area contributed by atoms with Crippen molar-refractivity contribution in [2.45, 2.75) is 59.1 Å². The molecule has 0 bridgehead atoms. The summed E-state index contributed by atoms with van der Waals surface area (Å²) in [5, 5.41) is 8.99. The van der Waals surface area contributed by atoms with Gasteiger partial charge in [-0.3, -0.25) is 4.99 Å². The zero-order valence-corrected chi connectivity index (χ0v) is 19.9. The summed E-state index contributed by atoms with van der Waals surface area (Å²) in [6.45, 7) is 11.0. The highest BCUT2D eigenvalue weighted by Gasteiger charge is 2.15. The van der Waals surface area contributed by atoms with Gasteiger partial charge in [0.25, 0.3) is 0 Å². The van der Waals surface area contributed by atoms with Crippen molar-refractivity contribution in [2.24, 2.45) is 4.99 Å². The molecule has 0 radical (unpaired) electrons. The third-order valence-corrected chi connectivity index (χ3v) is 3.90. The van der Waals surface area contributed by atoms with E-state index in [-0.39, 0.29) is 35.8 Å². The summed E-state index contributed by atoms with van der Waals surface area (Å²) in [5.41, 5.74) is -0.507. The molecule has 1 atom stereocenters. The molecule has 0 aromatic heterocycles. The van der Waals surface area contributed by atoms with E-state index >= 15 is 0 Å². The first-order valence-corrected chi connectivity index (χ1v) is 10.7. The molecule has 0 spiro atoms. The van der Waals surface area contributed by atoms with Crippen LogP contribution in [0.2, 0.25) is 0 Å². The van der Waals surface area contributed by atoms with E-state index in [1.165, 1.54) is 6.26 Å². The van der Waals surface area contributed by atoms with Gasteiger partial charge in [0.05, 0.1) is 5.75 Å². The number of rotatable bonds is 9. The lowest BCUT2D eigenvalue weighted by Crippen LogP contribution is -2.43. The highest BCUT2D eigenvalue weighted by molar-refractivity contribution is 14.0. The summed E-state index contributed by atoms with van der Waals surface area (Å²) >= 11 is 0. The van der Waals surface area contributed by atoms with E-state index in [1.54, 1.807) is 0 Å². The van der Waals surface area contributed by atoms with E-state index < -0.39 is 21.5 Å². The fourth-order valence-corrected chi connectivity index (χ4v) is 2.57. The predicted octanol–water partition coefficient (Wildman–Crippen LogP) is 1.90. The normalized spacial score (nSPS) is 13.4. The molecule has 0 aliphatic rings. The molecule has 156 valence electrons. The number of aliphatic imine (C=N–C) groups is 1. The van der Waals surface area contributed by atoms with E-state index in [4.69, 9.17) is 4.74 Å². The third-order valence-electron chi connectivity index (χ3n) is 2.92. The Balaban J connectivity index is 0. The largest absolute Gasteiger partial charge is 0.444 e. The number of hydrogen-bond donors (Lipinski definition) is 3. The molecule has 10 heteroatoms. The lowest BCUT2D eigenvalue weighted by molar-refractivity contribution is 0.0527. The fraction of sp³-hybridized carbons (Fsp3) is 0.875. The molecule has 1 amide bonds. The molecule has 0 aliphatic heterocycles. The van der Waals surface area contributed by atoms with Crippen LogP contribution in [0.1, 0.15) is 47.5 Å². The van der Waals surface area contributed by atoms with Crippen LogP contribution in [0.3, 0.4) is 0 Å². The number of guanidine groups is 1. The van der Waals surface area contributed by atoms with E-state index in [0.717, 1.165) is 0 Å². The smallest absolute Gasteiger partial charge is 0.407 e. The number of ether oxygens (including phenoxy) is 1. The van der Waals surface area contributed by atoms with Crippen molar-refractivity contribution in [3.63, 3.8) is 0 Å². The zero-order chi connectivity index (χ0) is 19.5. The van der Waals surface area contributed by atoms with Crippen molar-refractivity contribution in [1.82, 2.24) is 16.0 Å². The molecule has 3 N–H and O–H groups in total. The van der Waals surface area contributed by atoms with E-state index in [1.807, 2.05) is 34.6 Å². The minimum absolute atomic E-state index is 0. The minimum atomic E-state index is -2.97. The monoisotopic (exact) mass is 506 g/mol. The summed E-state index contributed by atoms with van der Waals surface area (Å²) in [6, 6.07) is -0.00702. The number of nitrogens with one attached hydrogen (secondary N) is 3. The summed E-state index contributed by atoms with van der Waals surface area (Å²) < 4.78 is 27.6. The highest BCUT2D eigenvalue weighted by atomic mass is 127. The molecule has 0 saturated heterocycles. The summed E-state index contributed by atoms with van der Waals surface area (Å²) in [7, 11) is -2.97. The Morgan fingerprint density at radius 1 is 1.23 bits per heavy atom. The van der Waals surface area contributed by atoms with Gasteiger partial charge >= 0.3 is 6.09 Å². The average molecular weight is 506 g/mol. The fourth-order valence-electron chi connectivity index (χ4n) is 1.79. The number of carbonyl (C=O) groups excluding carboxylic acids is 1. The third kappa shape index (κ3) is 18.0. The van der Waals surface area contributed by atoms with Gasteiger partial charge in [0.2, 0.25) is 0 Å². The SMILES string of the molecule is CCNC(=NCCCNC(=O)OC(C)(C)C)NC(C)CCS(C)(=O)=O.I. The Kier molecular flexibility index (Phi) is 14.1. The molecule has 0 fully saturated rings. The van der Waals surface area contributed by atoms with Gasteiger partial charge < -0.3 is 20.7 Å². The van der Waals surface area contributed by atoms with Crippen LogP contribution in [0.5, 0.6) is 0 Å². The number of carbonyl (C=O) groups is 1. The van der Waals surface area contributed by atoms with Crippen LogP contribution < -0.4 is 16.0 Å². The minimum Gasteiger partial charge on any atom is -0.444 e. The van der Waals surface area contributed by atoms with Gasteiger partial charge in [-0.1, -0.05) is 0 Å². The molecule has 0 aromatic carbocycles. The first-order valence-electron chi connectivity index (χ1n) is 8.62. The maximum atomic E-state index is 11.5. The molecule has 0 saturated carbocycles. The zero-order valence-electron chi connectivity index (χ0n) is 16.7. The quantitative estimate of drug-likeness (QED) is 0.191. The van der Waals surface area contributed by atoms with Crippen LogP contribution in [0.15, 0.2) is 4.99 Å². The van der Waals surface area contributed by atoms with Crippen molar-refractivity contribution < 1.29 is 17.9 Å². The van der Waals surface area contributed by atoms with Crippen molar-refractivity contribution in [2.75, 3.05) is 31.6 Å². The van der Waals surface area contributed by atoms with Crippen LogP contribution >= 0.6 is 24.0 Å². The maximum Gasteiger partial charge on any atom is 0.407 e. The molecule has 8 nitrogen and oxygen atoms in total. The standard InChI is InChI=1S/C16H34N4O4S.HI/c1-7-17-14(20-13(2)9-12-25(6,22)23)18-10-8-11-19-15(21)24-16(3,4)5;/h13H,7-12H2,1-6H3,(H,19,21)(H2,17,18,20);1H. The Hall–Kier alpha value is -0.780. The number of sulfone groups is 1. The molecule has 0 aliphatic carbocycles. The molecular weight excluding hydrogens is 471 g/mol. The van der Waals surface area contributed by atoms with Crippen LogP contribution in [-0.2, 0) is 14.6 Å². The number of amides is 1. The summed E-state index contributed by atoms with van der Waals surface area (Å²) in [6.07, 6.45) is 1.99. The molecule has 1 unspecified atom stereocenters. The van der Waals surface area contributed by atoms with Gasteiger partial charge in [-0.05, 0) is 47.5 Å². The highest BCUT2D eigenvalue weighted by Crippen LogP contribution is 2.06. The van der Waals surface area contributed by atoms with E-state index in [2.05, 4.69) is 20.9 Å². The van der Waals surface area contributed by atoms with Gasteiger partial charge in [0, 0.05) is 31.9 Å². The lowest BCUT2D eigenvalue weighted by atomic mass is 10.2. The summed E-state index contributed by atoms with van der Waals surface area (Å²) in [4.78, 5) is 15.9. The van der Waals surface area contributed by atoms with Crippen molar-refractivity contribution in [1.29, 1.82) is 0 Å². The van der Waals surface area contributed by atoms with Crippen molar-refractivity contribution >= 4 is 45.9 Å². The van der Waals surface area contributed by atoms with Crippen LogP contribution in [0.25, 0.3) is 0 Å². The number of nitrogens with zero attached hydrogens (tertiary/aromatic N) is 1. The Morgan fingerprint density at radius 3 is 2.35 bits per heavy atom. The number of halogens is 1. The van der Waals surface area contributed by atoms with Gasteiger partial charge in [0.15, 0.2) is 5.96 Å². The van der Waals surface area contributed by atoms with Gasteiger partial charge in [-0.25, -0.2) is 13.2 Å². The molecule has 0 aromatic rings. The van der Waals surface area contributed by atoms with E-state index in [0.29, 0.717) is 38.4 Å². The second kappa shape index (κ2) is 13.4. The topological polar surface area (TPSA) is 109 Å². The number of hydrogen-bond acceptors (Lipinski definition) is 5. The van der Waals surface area contributed by atoms with E-state index in [9.17, 15) is 13.2 Å². The molecular formula is C16H35IN4O4S. The number of alkyl carbamates (subject to hydrolysis) is 1. The Morgan fingerprint density at radius 2 is 1.85 bits per heavy atom. The first-order chi connectivity index (χ1) is 11.4. The Bertz CT molecular complexity index is 533. The van der Waals surface area contributed by atoms with Gasteiger partial charge in [-0.15, -0.1) is 24.0 Å². The second-order valence-corrected chi connectivity index (χ2v) is 9.27. The van der Waals surface area contributed by atoms with Crippen LogP contribution in [0, 0.1) is 0 Å². The predicted molar refractivity (Wildman–Crippen MR) is 117 cm³/mol. The molecule has 0 heterocycles. The average Bonchev–Trinajstić information content (AvgIpc) is 2.42. The van der Waals surface area contributed by atoms with Crippen molar-refractivity contribution in [3.05, 3.63) is 0 Å². The first kappa shape index (κ1) is 27.4. The van der Waals surface area contributed by atoms with Crippen molar-refractivity contribution in [3.8, 4) is 0 Å². The second-order valence-electron chi connectivity index (χ2n) is 7.01. The molecule has 0 rings (SSSR count). The lowest BCUT2D eigenvalue weighted by Gasteiger charge is -2.19. The Labute approximate surface area is 175 Å². The van der Waals surface area contributed by atoms with Gasteiger partial charge in [-0.2, -0.15) is 0 Å². The van der Waals surface area contributed by atoms with Gasteiger partial charge in [0.1, 0.15) is 15.4 Å². The van der Waals surface area contributed by atoms with Crippen LogP contribution in [0.4, 0.5) is 4.79 Å². The maximum absolute atomic E-state index is 11.5.